The van der Waals surface area contributed by atoms with Crippen LogP contribution in [-0.4, -0.2) is 27.6 Å². The summed E-state index contributed by atoms with van der Waals surface area (Å²) in [5, 5.41) is 0.372. The number of halogens is 1. The first-order chi connectivity index (χ1) is 11.0. The van der Waals surface area contributed by atoms with E-state index in [1.165, 1.54) is 12.5 Å². The Balaban J connectivity index is 1.78. The number of sulfonamides is 1. The van der Waals surface area contributed by atoms with E-state index in [0.717, 1.165) is 25.7 Å². The molecule has 1 aromatic carbocycles. The largest absolute Gasteiger partial charge is 0.492 e. The van der Waals surface area contributed by atoms with E-state index in [1.54, 1.807) is 12.1 Å². The highest BCUT2D eigenvalue weighted by Crippen LogP contribution is 2.35. The normalized spacial score (nSPS) is 20.1. The Kier molecular flexibility index (Phi) is 5.16. The lowest BCUT2D eigenvalue weighted by atomic mass is 9.86. The van der Waals surface area contributed by atoms with E-state index in [0.29, 0.717) is 35.8 Å². The van der Waals surface area contributed by atoms with Crippen molar-refractivity contribution in [3.05, 3.63) is 23.2 Å². The van der Waals surface area contributed by atoms with Crippen LogP contribution in [-0.2, 0) is 10.0 Å². The molecule has 128 valence electrons. The third kappa shape index (κ3) is 4.18. The van der Waals surface area contributed by atoms with Crippen LogP contribution in [0.15, 0.2) is 23.1 Å². The molecule has 1 unspecified atom stereocenters. The van der Waals surface area contributed by atoms with Crippen molar-refractivity contribution >= 4 is 21.6 Å². The maximum Gasteiger partial charge on any atom is 0.244 e. The van der Waals surface area contributed by atoms with Crippen LogP contribution in [0.1, 0.15) is 32.1 Å². The van der Waals surface area contributed by atoms with Crippen molar-refractivity contribution < 1.29 is 13.2 Å². The second-order valence-electron chi connectivity index (χ2n) is 6.50. The van der Waals surface area contributed by atoms with Gasteiger partial charge in [0.15, 0.2) is 0 Å². The van der Waals surface area contributed by atoms with Crippen molar-refractivity contribution in [1.29, 1.82) is 0 Å². The molecule has 0 spiro atoms. The first kappa shape index (κ1) is 17.0. The molecule has 2 fully saturated rings. The molecule has 3 rings (SSSR count). The van der Waals surface area contributed by atoms with Crippen LogP contribution in [0.3, 0.4) is 0 Å². The highest BCUT2D eigenvalue weighted by molar-refractivity contribution is 7.89. The van der Waals surface area contributed by atoms with Gasteiger partial charge in [0, 0.05) is 17.6 Å². The second kappa shape index (κ2) is 6.97. The predicted octanol–water partition coefficient (Wildman–Crippen LogP) is 2.53. The fraction of sp³-hybridized carbons (Fsp3) is 0.625. The van der Waals surface area contributed by atoms with Gasteiger partial charge < -0.3 is 10.5 Å². The third-order valence-corrected chi connectivity index (χ3v) is 6.39. The molecule has 7 heteroatoms. The number of nitrogens with one attached hydrogen (secondary N) is 1. The van der Waals surface area contributed by atoms with E-state index in [4.69, 9.17) is 22.1 Å². The van der Waals surface area contributed by atoms with Crippen LogP contribution < -0.4 is 15.2 Å². The summed E-state index contributed by atoms with van der Waals surface area (Å²) in [6, 6.07) is 4.50. The summed E-state index contributed by atoms with van der Waals surface area (Å²) >= 11 is 6.00. The maximum absolute atomic E-state index is 12.7. The molecule has 23 heavy (non-hydrogen) atoms. The van der Waals surface area contributed by atoms with Gasteiger partial charge in [-0.05, 0) is 55.7 Å². The summed E-state index contributed by atoms with van der Waals surface area (Å²) in [6.07, 6.45) is 5.55. The van der Waals surface area contributed by atoms with E-state index >= 15 is 0 Å². The topological polar surface area (TPSA) is 81.4 Å². The van der Waals surface area contributed by atoms with E-state index in [9.17, 15) is 8.42 Å². The van der Waals surface area contributed by atoms with Gasteiger partial charge in [-0.3, -0.25) is 0 Å². The molecule has 1 atom stereocenters. The summed E-state index contributed by atoms with van der Waals surface area (Å²) in [5.41, 5.74) is 5.71. The SMILES string of the molecule is NCC(NS(=O)(=O)c1cc(Cl)ccc1OCC1CCC1)C1CC1. The molecule has 0 radical (unpaired) electrons. The van der Waals surface area contributed by atoms with E-state index in [-0.39, 0.29) is 10.9 Å². The number of hydrogen-bond donors (Lipinski definition) is 2. The molecule has 3 N–H and O–H groups in total. The number of nitrogens with two attached hydrogens (primary N) is 1. The Bertz CT molecular complexity index is 657. The van der Waals surface area contributed by atoms with Crippen LogP contribution in [0.4, 0.5) is 0 Å². The van der Waals surface area contributed by atoms with E-state index in [2.05, 4.69) is 4.72 Å². The van der Waals surface area contributed by atoms with Crippen molar-refractivity contribution in [2.45, 2.75) is 43.0 Å². The monoisotopic (exact) mass is 358 g/mol. The molecule has 0 bridgehead atoms. The quantitative estimate of drug-likeness (QED) is 0.748. The zero-order valence-corrected chi connectivity index (χ0v) is 14.6. The summed E-state index contributed by atoms with van der Waals surface area (Å²) in [5.74, 6) is 1.23. The van der Waals surface area contributed by atoms with Crippen LogP contribution >= 0.6 is 11.6 Å². The Labute approximate surface area is 142 Å². The summed E-state index contributed by atoms with van der Waals surface area (Å²) in [4.78, 5) is 0.100. The molecule has 2 aliphatic rings. The molecule has 5 nitrogen and oxygen atoms in total. The van der Waals surface area contributed by atoms with Crippen LogP contribution in [0.25, 0.3) is 0 Å². The Morgan fingerprint density at radius 3 is 2.61 bits per heavy atom. The van der Waals surface area contributed by atoms with Crippen LogP contribution in [0.2, 0.25) is 5.02 Å². The van der Waals surface area contributed by atoms with Gasteiger partial charge in [-0.25, -0.2) is 13.1 Å². The first-order valence-corrected chi connectivity index (χ1v) is 10.0. The first-order valence-electron chi connectivity index (χ1n) is 8.14. The standard InChI is InChI=1S/C16H23ClN2O3S/c17-13-6-7-15(22-10-11-2-1-3-11)16(8-13)23(20,21)19-14(9-18)12-4-5-12/h6-8,11-12,14,19H,1-5,9-10,18H2. The number of benzene rings is 1. The Morgan fingerprint density at radius 1 is 1.30 bits per heavy atom. The van der Waals surface area contributed by atoms with Crippen molar-refractivity contribution in [3.8, 4) is 5.75 Å². The van der Waals surface area contributed by atoms with Gasteiger partial charge in [0.05, 0.1) is 6.61 Å². The van der Waals surface area contributed by atoms with Gasteiger partial charge in [-0.15, -0.1) is 0 Å². The molecule has 2 saturated carbocycles. The number of ether oxygens (including phenoxy) is 1. The van der Waals surface area contributed by atoms with Crippen LogP contribution in [0.5, 0.6) is 5.75 Å². The number of hydrogen-bond acceptors (Lipinski definition) is 4. The summed E-state index contributed by atoms with van der Waals surface area (Å²) < 4.78 is 33.9. The highest BCUT2D eigenvalue weighted by Gasteiger charge is 2.34. The average molecular weight is 359 g/mol. The molecule has 1 aromatic rings. The van der Waals surface area contributed by atoms with Gasteiger partial charge in [0.25, 0.3) is 0 Å². The Hall–Kier alpha value is -0.820. The minimum Gasteiger partial charge on any atom is -0.492 e. The third-order valence-electron chi connectivity index (χ3n) is 4.65. The zero-order valence-electron chi connectivity index (χ0n) is 13.0. The minimum atomic E-state index is -3.71. The van der Waals surface area contributed by atoms with E-state index < -0.39 is 10.0 Å². The lowest BCUT2D eigenvalue weighted by molar-refractivity contribution is 0.177. The zero-order chi connectivity index (χ0) is 16.4. The van der Waals surface area contributed by atoms with Gasteiger partial charge >= 0.3 is 0 Å². The molecule has 0 heterocycles. The minimum absolute atomic E-state index is 0.100. The molecule has 0 amide bonds. The predicted molar refractivity (Wildman–Crippen MR) is 90.2 cm³/mol. The van der Waals surface area contributed by atoms with Gasteiger partial charge in [0.1, 0.15) is 10.6 Å². The maximum atomic E-state index is 12.7. The average Bonchev–Trinajstić information content (AvgIpc) is 3.29. The lowest BCUT2D eigenvalue weighted by Gasteiger charge is -2.26. The van der Waals surface area contributed by atoms with Gasteiger partial charge in [0.2, 0.25) is 10.0 Å². The fourth-order valence-electron chi connectivity index (χ4n) is 2.78. The second-order valence-corrected chi connectivity index (χ2v) is 8.62. The van der Waals surface area contributed by atoms with Crippen molar-refractivity contribution in [1.82, 2.24) is 4.72 Å². The van der Waals surface area contributed by atoms with Gasteiger partial charge in [-0.2, -0.15) is 0 Å². The molecule has 0 aromatic heterocycles. The van der Waals surface area contributed by atoms with E-state index in [1.807, 2.05) is 0 Å². The lowest BCUT2D eigenvalue weighted by Crippen LogP contribution is -2.41. The van der Waals surface area contributed by atoms with Crippen molar-refractivity contribution in [2.75, 3.05) is 13.2 Å². The van der Waals surface area contributed by atoms with Crippen molar-refractivity contribution in [3.63, 3.8) is 0 Å². The van der Waals surface area contributed by atoms with Crippen molar-refractivity contribution in [2.24, 2.45) is 17.6 Å². The molecule has 2 aliphatic carbocycles. The number of rotatable bonds is 8. The Morgan fingerprint density at radius 2 is 2.04 bits per heavy atom. The molecule has 0 saturated heterocycles. The smallest absolute Gasteiger partial charge is 0.244 e. The molecular weight excluding hydrogens is 336 g/mol. The molecular formula is C16H23ClN2O3S. The van der Waals surface area contributed by atoms with Crippen LogP contribution in [0, 0.1) is 11.8 Å². The van der Waals surface area contributed by atoms with Gasteiger partial charge in [-0.1, -0.05) is 18.0 Å². The highest BCUT2D eigenvalue weighted by atomic mass is 35.5. The summed E-state index contributed by atoms with van der Waals surface area (Å²) in [7, 11) is -3.71. The fourth-order valence-corrected chi connectivity index (χ4v) is 4.50. The summed E-state index contributed by atoms with van der Waals surface area (Å²) in [6.45, 7) is 0.843. The molecule has 0 aliphatic heterocycles.